The van der Waals surface area contributed by atoms with Crippen molar-refractivity contribution in [3.05, 3.63) is 0 Å². The van der Waals surface area contributed by atoms with E-state index in [4.69, 9.17) is 5.84 Å². The minimum atomic E-state index is 0.556. The molecule has 1 saturated carbocycles. The van der Waals surface area contributed by atoms with Gasteiger partial charge in [0.15, 0.2) is 0 Å². The Morgan fingerprint density at radius 3 is 2.54 bits per heavy atom. The fraction of sp³-hybridized carbons (Fsp3) is 1.00. The molecule has 0 aliphatic heterocycles. The van der Waals surface area contributed by atoms with Gasteiger partial charge in [-0.25, -0.2) is 0 Å². The minimum Gasteiger partial charge on any atom is -0.271 e. The molecule has 0 heterocycles. The van der Waals surface area contributed by atoms with Crippen LogP contribution < -0.4 is 11.3 Å². The first-order valence-electron chi connectivity index (χ1n) is 5.72. The standard InChI is InChI=1S/C11H24N2/c1-3-9(2)7-11(13-12)8-10-5-4-6-10/h9-11,13H,3-8,12H2,1-2H3. The molecule has 0 spiro atoms. The molecule has 0 aromatic carbocycles. The third kappa shape index (κ3) is 3.65. The van der Waals surface area contributed by atoms with Gasteiger partial charge < -0.3 is 0 Å². The van der Waals surface area contributed by atoms with Gasteiger partial charge in [0.1, 0.15) is 0 Å². The molecular weight excluding hydrogens is 160 g/mol. The van der Waals surface area contributed by atoms with Crippen molar-refractivity contribution >= 4 is 0 Å². The van der Waals surface area contributed by atoms with Crippen molar-refractivity contribution in [1.29, 1.82) is 0 Å². The molecule has 1 fully saturated rings. The summed E-state index contributed by atoms with van der Waals surface area (Å²) in [4.78, 5) is 0. The Morgan fingerprint density at radius 1 is 1.46 bits per heavy atom. The number of nitrogens with one attached hydrogen (secondary N) is 1. The first-order valence-corrected chi connectivity index (χ1v) is 5.72. The summed E-state index contributed by atoms with van der Waals surface area (Å²) in [6.07, 6.45) is 8.09. The van der Waals surface area contributed by atoms with Crippen molar-refractivity contribution in [3.63, 3.8) is 0 Å². The van der Waals surface area contributed by atoms with Crippen LogP contribution in [0.5, 0.6) is 0 Å². The van der Waals surface area contributed by atoms with Crippen molar-refractivity contribution in [2.75, 3.05) is 0 Å². The second-order valence-corrected chi connectivity index (χ2v) is 4.65. The molecule has 2 nitrogen and oxygen atoms in total. The van der Waals surface area contributed by atoms with Crippen molar-refractivity contribution in [3.8, 4) is 0 Å². The molecule has 2 unspecified atom stereocenters. The lowest BCUT2D eigenvalue weighted by atomic mass is 9.79. The van der Waals surface area contributed by atoms with Crippen molar-refractivity contribution in [2.45, 2.75) is 58.4 Å². The Bertz CT molecular complexity index is 125. The molecule has 2 atom stereocenters. The molecule has 3 N–H and O–H groups in total. The maximum absolute atomic E-state index is 5.55. The van der Waals surface area contributed by atoms with Gasteiger partial charge >= 0.3 is 0 Å². The normalized spacial score (nSPS) is 22.4. The lowest BCUT2D eigenvalue weighted by Gasteiger charge is -2.30. The van der Waals surface area contributed by atoms with Crippen LogP contribution in [0.1, 0.15) is 52.4 Å². The summed E-state index contributed by atoms with van der Waals surface area (Å²) >= 11 is 0. The molecule has 0 bridgehead atoms. The fourth-order valence-electron chi connectivity index (χ4n) is 2.02. The molecule has 0 aromatic heterocycles. The highest BCUT2D eigenvalue weighted by Crippen LogP contribution is 2.31. The highest BCUT2D eigenvalue weighted by molar-refractivity contribution is 4.77. The number of hydrogen-bond donors (Lipinski definition) is 2. The maximum Gasteiger partial charge on any atom is 0.0215 e. The largest absolute Gasteiger partial charge is 0.271 e. The molecule has 1 aliphatic rings. The second-order valence-electron chi connectivity index (χ2n) is 4.65. The van der Waals surface area contributed by atoms with Gasteiger partial charge in [0.2, 0.25) is 0 Å². The van der Waals surface area contributed by atoms with E-state index in [1.807, 2.05) is 0 Å². The predicted octanol–water partition coefficient (Wildman–Crippen LogP) is 2.44. The number of hydrazine groups is 1. The zero-order valence-corrected chi connectivity index (χ0v) is 9.05. The molecule has 2 heteroatoms. The Morgan fingerprint density at radius 2 is 2.15 bits per heavy atom. The van der Waals surface area contributed by atoms with Gasteiger partial charge in [-0.2, -0.15) is 0 Å². The van der Waals surface area contributed by atoms with Crippen LogP contribution >= 0.6 is 0 Å². The van der Waals surface area contributed by atoms with Crippen LogP contribution in [0.4, 0.5) is 0 Å². The summed E-state index contributed by atoms with van der Waals surface area (Å²) in [7, 11) is 0. The third-order valence-corrected chi connectivity index (χ3v) is 3.46. The van der Waals surface area contributed by atoms with Crippen LogP contribution in [-0.4, -0.2) is 6.04 Å². The van der Waals surface area contributed by atoms with Crippen LogP contribution in [0.2, 0.25) is 0 Å². The van der Waals surface area contributed by atoms with E-state index in [2.05, 4.69) is 19.3 Å². The van der Waals surface area contributed by atoms with E-state index in [1.165, 1.54) is 38.5 Å². The van der Waals surface area contributed by atoms with Crippen LogP contribution in [0.15, 0.2) is 0 Å². The molecule has 1 aliphatic carbocycles. The van der Waals surface area contributed by atoms with Gasteiger partial charge in [0, 0.05) is 6.04 Å². The minimum absolute atomic E-state index is 0.556. The molecule has 0 saturated heterocycles. The molecule has 0 amide bonds. The average molecular weight is 184 g/mol. The van der Waals surface area contributed by atoms with E-state index in [0.29, 0.717) is 6.04 Å². The number of nitrogens with two attached hydrogens (primary N) is 1. The Kier molecular flexibility index (Phi) is 4.74. The van der Waals surface area contributed by atoms with Crippen LogP contribution in [0.25, 0.3) is 0 Å². The fourth-order valence-corrected chi connectivity index (χ4v) is 2.02. The molecule has 1 rings (SSSR count). The smallest absolute Gasteiger partial charge is 0.0215 e. The average Bonchev–Trinajstić information content (AvgIpc) is 2.08. The van der Waals surface area contributed by atoms with Crippen LogP contribution in [0.3, 0.4) is 0 Å². The first-order chi connectivity index (χ1) is 6.26. The summed E-state index contributed by atoms with van der Waals surface area (Å²) in [6.45, 7) is 4.56. The quantitative estimate of drug-likeness (QED) is 0.491. The highest BCUT2D eigenvalue weighted by Gasteiger charge is 2.22. The Labute approximate surface area is 82.2 Å². The van der Waals surface area contributed by atoms with Gasteiger partial charge in [0.05, 0.1) is 0 Å². The maximum atomic E-state index is 5.55. The number of hydrogen-bond acceptors (Lipinski definition) is 2. The lowest BCUT2D eigenvalue weighted by Crippen LogP contribution is -2.38. The van der Waals surface area contributed by atoms with E-state index in [9.17, 15) is 0 Å². The first kappa shape index (κ1) is 11.0. The molecule has 0 radical (unpaired) electrons. The lowest BCUT2D eigenvalue weighted by molar-refractivity contribution is 0.242. The van der Waals surface area contributed by atoms with E-state index < -0.39 is 0 Å². The topological polar surface area (TPSA) is 38.0 Å². The predicted molar refractivity (Wildman–Crippen MR) is 57.1 cm³/mol. The van der Waals surface area contributed by atoms with E-state index in [0.717, 1.165) is 11.8 Å². The highest BCUT2D eigenvalue weighted by atomic mass is 15.2. The van der Waals surface area contributed by atoms with Gasteiger partial charge in [0.25, 0.3) is 0 Å². The van der Waals surface area contributed by atoms with E-state index >= 15 is 0 Å². The Balaban J connectivity index is 2.16. The van der Waals surface area contributed by atoms with Gasteiger partial charge in [-0.3, -0.25) is 11.3 Å². The SMILES string of the molecule is CCC(C)CC(CC1CCC1)NN. The van der Waals surface area contributed by atoms with Crippen molar-refractivity contribution in [1.82, 2.24) is 5.43 Å². The molecule has 0 aromatic rings. The van der Waals surface area contributed by atoms with E-state index in [1.54, 1.807) is 0 Å². The summed E-state index contributed by atoms with van der Waals surface area (Å²) < 4.78 is 0. The van der Waals surface area contributed by atoms with Gasteiger partial charge in [-0.05, 0) is 24.7 Å². The monoisotopic (exact) mass is 184 g/mol. The summed E-state index contributed by atoms with van der Waals surface area (Å²) in [5.74, 6) is 7.32. The summed E-state index contributed by atoms with van der Waals surface area (Å²) in [5.41, 5.74) is 2.97. The van der Waals surface area contributed by atoms with Gasteiger partial charge in [-0.15, -0.1) is 0 Å². The summed E-state index contributed by atoms with van der Waals surface area (Å²) in [5, 5.41) is 0. The summed E-state index contributed by atoms with van der Waals surface area (Å²) in [6, 6.07) is 0.556. The van der Waals surface area contributed by atoms with Crippen molar-refractivity contribution < 1.29 is 0 Å². The zero-order chi connectivity index (χ0) is 9.68. The van der Waals surface area contributed by atoms with Gasteiger partial charge in [-0.1, -0.05) is 39.5 Å². The zero-order valence-electron chi connectivity index (χ0n) is 9.05. The van der Waals surface area contributed by atoms with Crippen molar-refractivity contribution in [2.24, 2.45) is 17.7 Å². The van der Waals surface area contributed by atoms with Crippen LogP contribution in [-0.2, 0) is 0 Å². The molecular formula is C11H24N2. The number of rotatable bonds is 6. The van der Waals surface area contributed by atoms with Crippen LogP contribution in [0, 0.1) is 11.8 Å². The van der Waals surface area contributed by atoms with E-state index in [-0.39, 0.29) is 0 Å². The third-order valence-electron chi connectivity index (χ3n) is 3.46. The second kappa shape index (κ2) is 5.61. The molecule has 13 heavy (non-hydrogen) atoms. The molecule has 78 valence electrons. The Hall–Kier alpha value is -0.0800.